The summed E-state index contributed by atoms with van der Waals surface area (Å²) in [4.78, 5) is 15.6. The molecule has 156 valence electrons. The fourth-order valence-electron chi connectivity index (χ4n) is 2.15. The fraction of sp³-hybridized carbons (Fsp3) is 0.222. The largest absolute Gasteiger partial charge is 0.417 e. The number of halogens is 3. The molecule has 0 atom stereocenters. The third-order valence-electron chi connectivity index (χ3n) is 3.71. The van der Waals surface area contributed by atoms with Gasteiger partial charge in [0.1, 0.15) is 5.82 Å². The van der Waals surface area contributed by atoms with Crippen molar-refractivity contribution in [1.82, 2.24) is 15.0 Å². The summed E-state index contributed by atoms with van der Waals surface area (Å²) in [5.41, 5.74) is -0.194. The Labute approximate surface area is 166 Å². The van der Waals surface area contributed by atoms with E-state index in [-0.39, 0.29) is 29.7 Å². The average Bonchev–Trinajstić information content (AvgIpc) is 2.69. The molecule has 1 aromatic carbocycles. The van der Waals surface area contributed by atoms with Crippen LogP contribution >= 0.6 is 0 Å². The van der Waals surface area contributed by atoms with Gasteiger partial charge in [-0.05, 0) is 43.0 Å². The zero-order valence-corrected chi connectivity index (χ0v) is 16.1. The molecule has 0 bridgehead atoms. The first-order chi connectivity index (χ1) is 13.6. The van der Waals surface area contributed by atoms with Gasteiger partial charge in [0.25, 0.3) is 0 Å². The first-order valence-electron chi connectivity index (χ1n) is 8.38. The van der Waals surface area contributed by atoms with Crippen molar-refractivity contribution in [3.05, 3.63) is 59.8 Å². The fourth-order valence-corrected chi connectivity index (χ4v) is 2.88. The quantitative estimate of drug-likeness (QED) is 0.442. The molecule has 3 N–H and O–H groups in total. The Bertz CT molecular complexity index is 957. The predicted molar refractivity (Wildman–Crippen MR) is 102 cm³/mol. The van der Waals surface area contributed by atoms with E-state index in [4.69, 9.17) is 0 Å². The van der Waals surface area contributed by atoms with Crippen molar-refractivity contribution < 1.29 is 26.4 Å². The molecule has 2 rings (SSSR count). The van der Waals surface area contributed by atoms with Crippen LogP contribution in [0.5, 0.6) is 0 Å². The van der Waals surface area contributed by atoms with E-state index in [0.29, 0.717) is 5.56 Å². The Kier molecular flexibility index (Phi) is 7.35. The summed E-state index contributed by atoms with van der Waals surface area (Å²) in [6.45, 7) is 0.500. The van der Waals surface area contributed by atoms with E-state index in [2.05, 4.69) is 20.3 Å². The van der Waals surface area contributed by atoms with Gasteiger partial charge in [0.05, 0.1) is 10.5 Å². The molecule has 0 saturated carbocycles. The standard InChI is InChI=1S/C18H19F3N4O3S/c1-22-29(27,28)15-6-2-13(3-7-15)4-9-17(26)24-11-10-23-16-8-5-14(12-25-16)18(19,20)21/h2-9,12,22H,10-11H2,1H3,(H,23,25)(H,24,26)/b9-4+. The molecule has 0 fully saturated rings. The first kappa shape index (κ1) is 22.4. The van der Waals surface area contributed by atoms with Crippen molar-refractivity contribution in [3.8, 4) is 0 Å². The lowest BCUT2D eigenvalue weighted by Gasteiger charge is -2.08. The summed E-state index contributed by atoms with van der Waals surface area (Å²) < 4.78 is 62.8. The lowest BCUT2D eigenvalue weighted by Crippen LogP contribution is -2.27. The maximum Gasteiger partial charge on any atom is 0.417 e. The number of anilines is 1. The number of hydrogen-bond donors (Lipinski definition) is 3. The number of nitrogens with one attached hydrogen (secondary N) is 3. The summed E-state index contributed by atoms with van der Waals surface area (Å²) in [6, 6.07) is 8.10. The number of alkyl halides is 3. The third-order valence-corrected chi connectivity index (χ3v) is 5.14. The van der Waals surface area contributed by atoms with E-state index in [1.165, 1.54) is 37.4 Å². The SMILES string of the molecule is CNS(=O)(=O)c1ccc(/C=C/C(=O)NCCNc2ccc(C(F)(F)F)cn2)cc1. The Balaban J connectivity index is 1.77. The highest BCUT2D eigenvalue weighted by Gasteiger charge is 2.30. The number of carbonyl (C=O) groups excluding carboxylic acids is 1. The smallest absolute Gasteiger partial charge is 0.368 e. The summed E-state index contributed by atoms with van der Waals surface area (Å²) in [7, 11) is -2.20. The van der Waals surface area contributed by atoms with Crippen LogP contribution in [0.4, 0.5) is 19.0 Å². The summed E-state index contributed by atoms with van der Waals surface area (Å²) in [6.07, 6.45) is -0.891. The molecule has 0 aliphatic heterocycles. The minimum absolute atomic E-state index is 0.115. The Morgan fingerprint density at radius 3 is 2.34 bits per heavy atom. The maximum absolute atomic E-state index is 12.5. The van der Waals surface area contributed by atoms with Crippen LogP contribution in [0.3, 0.4) is 0 Å². The highest BCUT2D eigenvalue weighted by atomic mass is 32.2. The molecule has 7 nitrogen and oxygen atoms in total. The predicted octanol–water partition coefficient (Wildman–Crippen LogP) is 2.25. The lowest BCUT2D eigenvalue weighted by molar-refractivity contribution is -0.137. The van der Waals surface area contributed by atoms with E-state index in [1.807, 2.05) is 0 Å². The van der Waals surface area contributed by atoms with Crippen LogP contribution in [-0.2, 0) is 21.0 Å². The molecule has 2 aromatic rings. The van der Waals surface area contributed by atoms with Gasteiger partial charge in [-0.25, -0.2) is 18.1 Å². The van der Waals surface area contributed by atoms with Gasteiger partial charge in [-0.15, -0.1) is 0 Å². The molecule has 0 spiro atoms. The van der Waals surface area contributed by atoms with Crippen molar-refractivity contribution in [2.45, 2.75) is 11.1 Å². The second kappa shape index (κ2) is 9.52. The number of aromatic nitrogens is 1. The van der Waals surface area contributed by atoms with Crippen LogP contribution in [0.2, 0.25) is 0 Å². The van der Waals surface area contributed by atoms with Gasteiger partial charge in [-0.2, -0.15) is 13.2 Å². The normalized spacial score (nSPS) is 12.1. The van der Waals surface area contributed by atoms with Gasteiger partial charge in [-0.1, -0.05) is 12.1 Å². The molecule has 0 radical (unpaired) electrons. The second-order valence-corrected chi connectivity index (χ2v) is 7.64. The zero-order chi connectivity index (χ0) is 21.5. The van der Waals surface area contributed by atoms with E-state index in [1.54, 1.807) is 12.1 Å². The van der Waals surface area contributed by atoms with Crippen LogP contribution in [0.25, 0.3) is 6.08 Å². The van der Waals surface area contributed by atoms with Gasteiger partial charge in [0.15, 0.2) is 0 Å². The first-order valence-corrected chi connectivity index (χ1v) is 9.87. The van der Waals surface area contributed by atoms with Gasteiger partial charge < -0.3 is 10.6 Å². The number of hydrogen-bond acceptors (Lipinski definition) is 5. The van der Waals surface area contributed by atoms with Crippen molar-refractivity contribution in [2.24, 2.45) is 0 Å². The molecule has 29 heavy (non-hydrogen) atoms. The van der Waals surface area contributed by atoms with Crippen LogP contribution in [0.1, 0.15) is 11.1 Å². The molecule has 11 heteroatoms. The van der Waals surface area contributed by atoms with Crippen molar-refractivity contribution in [2.75, 3.05) is 25.5 Å². The van der Waals surface area contributed by atoms with Crippen LogP contribution < -0.4 is 15.4 Å². The number of carbonyl (C=O) groups is 1. The molecular weight excluding hydrogens is 409 g/mol. The molecule has 0 aliphatic rings. The number of pyridine rings is 1. The highest BCUT2D eigenvalue weighted by Crippen LogP contribution is 2.28. The summed E-state index contributed by atoms with van der Waals surface area (Å²) >= 11 is 0. The van der Waals surface area contributed by atoms with Crippen LogP contribution in [0.15, 0.2) is 53.6 Å². The van der Waals surface area contributed by atoms with Crippen molar-refractivity contribution in [1.29, 1.82) is 0 Å². The Morgan fingerprint density at radius 1 is 1.10 bits per heavy atom. The molecule has 0 aliphatic carbocycles. The topological polar surface area (TPSA) is 100 Å². The maximum atomic E-state index is 12.5. The molecule has 1 amide bonds. The summed E-state index contributed by atoms with van der Waals surface area (Å²) in [5.74, 6) is -0.112. The van der Waals surface area contributed by atoms with Crippen LogP contribution in [-0.4, -0.2) is 39.4 Å². The van der Waals surface area contributed by atoms with Crippen molar-refractivity contribution in [3.63, 3.8) is 0 Å². The molecular formula is C18H19F3N4O3S. The summed E-state index contributed by atoms with van der Waals surface area (Å²) in [5, 5.41) is 5.40. The third kappa shape index (κ3) is 6.88. The lowest BCUT2D eigenvalue weighted by atomic mass is 10.2. The zero-order valence-electron chi connectivity index (χ0n) is 15.3. The molecule has 0 saturated heterocycles. The van der Waals surface area contributed by atoms with Gasteiger partial charge >= 0.3 is 6.18 Å². The van der Waals surface area contributed by atoms with Gasteiger partial charge in [-0.3, -0.25) is 4.79 Å². The van der Waals surface area contributed by atoms with E-state index in [0.717, 1.165) is 12.3 Å². The molecule has 1 aromatic heterocycles. The number of nitrogens with zero attached hydrogens (tertiary/aromatic N) is 1. The number of sulfonamides is 1. The van der Waals surface area contributed by atoms with Crippen LogP contribution in [0, 0.1) is 0 Å². The molecule has 0 unspecified atom stereocenters. The minimum Gasteiger partial charge on any atom is -0.368 e. The number of amides is 1. The second-order valence-electron chi connectivity index (χ2n) is 5.76. The van der Waals surface area contributed by atoms with E-state index >= 15 is 0 Å². The Morgan fingerprint density at radius 2 is 1.79 bits per heavy atom. The van der Waals surface area contributed by atoms with Gasteiger partial charge in [0, 0.05) is 25.4 Å². The number of benzene rings is 1. The Hall–Kier alpha value is -2.92. The molecule has 1 heterocycles. The van der Waals surface area contributed by atoms with Gasteiger partial charge in [0.2, 0.25) is 15.9 Å². The monoisotopic (exact) mass is 428 g/mol. The number of rotatable bonds is 8. The van der Waals surface area contributed by atoms with E-state index < -0.39 is 21.8 Å². The minimum atomic E-state index is -4.44. The van der Waals surface area contributed by atoms with Crippen molar-refractivity contribution >= 4 is 27.8 Å². The average molecular weight is 428 g/mol. The highest BCUT2D eigenvalue weighted by molar-refractivity contribution is 7.89. The van der Waals surface area contributed by atoms with E-state index in [9.17, 15) is 26.4 Å².